The Balaban J connectivity index is 1.44. The summed E-state index contributed by atoms with van der Waals surface area (Å²) in [4.78, 5) is 18.9. The molecule has 0 radical (unpaired) electrons. The average molecular weight is 410 g/mol. The maximum atomic E-state index is 9.93. The van der Waals surface area contributed by atoms with E-state index in [1.807, 2.05) is 0 Å². The van der Waals surface area contributed by atoms with Gasteiger partial charge in [0.05, 0.1) is 12.2 Å². The Morgan fingerprint density at radius 1 is 1.23 bits per heavy atom. The Hall–Kier alpha value is -3.14. The monoisotopic (exact) mass is 410 g/mol. The SMILES string of the molecule is Oc1cc(C=c2cnn3c(=NC4CC4)nc(NCCCN4CCCC4)nc23)c(O)[nH]1. The van der Waals surface area contributed by atoms with Gasteiger partial charge in [0.2, 0.25) is 5.95 Å². The second-order valence-electron chi connectivity index (χ2n) is 7.97. The standard InChI is InChI=1S/C20H26N8O2/c29-16-11-13(18(30)24-16)10-14-12-22-28-17(14)25-19(26-20(28)23-15-4-5-15)21-6-3-9-27-7-1-2-8-27/h10-12,15,24,29-30H,1-9H2,(H,21,23,26). The number of anilines is 1. The van der Waals surface area contributed by atoms with E-state index in [0.29, 0.717) is 34.0 Å². The number of aromatic nitrogens is 5. The third-order valence-electron chi connectivity index (χ3n) is 5.48. The minimum Gasteiger partial charge on any atom is -0.494 e. The fraction of sp³-hybridized carbons (Fsp3) is 0.500. The molecular weight excluding hydrogens is 384 g/mol. The molecule has 0 atom stereocenters. The first kappa shape index (κ1) is 18.9. The van der Waals surface area contributed by atoms with Crippen LogP contribution in [-0.4, -0.2) is 71.9 Å². The predicted molar refractivity (Wildman–Crippen MR) is 111 cm³/mol. The van der Waals surface area contributed by atoms with Crippen LogP contribution >= 0.6 is 0 Å². The van der Waals surface area contributed by atoms with Gasteiger partial charge in [0, 0.05) is 23.4 Å². The highest BCUT2D eigenvalue weighted by Gasteiger charge is 2.21. The summed E-state index contributed by atoms with van der Waals surface area (Å²) in [5, 5.41) is 27.9. The van der Waals surface area contributed by atoms with Gasteiger partial charge in [0.1, 0.15) is 0 Å². The minimum atomic E-state index is -0.107. The molecule has 0 unspecified atom stereocenters. The van der Waals surface area contributed by atoms with Crippen LogP contribution in [0.5, 0.6) is 11.8 Å². The quantitative estimate of drug-likeness (QED) is 0.415. The van der Waals surface area contributed by atoms with Crippen molar-refractivity contribution in [3.05, 3.63) is 28.7 Å². The van der Waals surface area contributed by atoms with Gasteiger partial charge in [0.25, 0.3) is 5.62 Å². The van der Waals surface area contributed by atoms with Crippen molar-refractivity contribution >= 4 is 17.7 Å². The molecule has 0 spiro atoms. The van der Waals surface area contributed by atoms with Gasteiger partial charge in [-0.25, -0.2) is 4.99 Å². The van der Waals surface area contributed by atoms with Crippen LogP contribution in [0.25, 0.3) is 11.7 Å². The second-order valence-corrected chi connectivity index (χ2v) is 7.97. The molecule has 158 valence electrons. The van der Waals surface area contributed by atoms with E-state index in [1.165, 1.54) is 32.0 Å². The number of likely N-dealkylation sites (tertiary alicyclic amines) is 1. The van der Waals surface area contributed by atoms with Gasteiger partial charge < -0.3 is 20.4 Å². The number of aromatic amines is 1. The fourth-order valence-corrected chi connectivity index (χ4v) is 3.74. The molecule has 1 aliphatic heterocycles. The van der Waals surface area contributed by atoms with Gasteiger partial charge in [-0.3, -0.25) is 4.98 Å². The van der Waals surface area contributed by atoms with Crippen molar-refractivity contribution in [3.63, 3.8) is 0 Å². The van der Waals surface area contributed by atoms with Crippen molar-refractivity contribution in [1.29, 1.82) is 0 Å². The van der Waals surface area contributed by atoms with Crippen molar-refractivity contribution in [2.45, 2.75) is 38.1 Å². The number of fused-ring (bicyclic) bond motifs is 1. The number of rotatable bonds is 7. The summed E-state index contributed by atoms with van der Waals surface area (Å²) in [6.07, 6.45) is 9.15. The lowest BCUT2D eigenvalue weighted by atomic mass is 10.2. The molecule has 2 fully saturated rings. The minimum absolute atomic E-state index is 0.102. The molecule has 3 aromatic heterocycles. The van der Waals surface area contributed by atoms with Crippen LogP contribution in [0.1, 0.15) is 37.7 Å². The van der Waals surface area contributed by atoms with Gasteiger partial charge in [-0.05, 0) is 57.8 Å². The number of aromatic hydroxyl groups is 2. The van der Waals surface area contributed by atoms with Crippen molar-refractivity contribution in [1.82, 2.24) is 29.5 Å². The highest BCUT2D eigenvalue weighted by atomic mass is 16.3. The summed E-state index contributed by atoms with van der Waals surface area (Å²) in [6, 6.07) is 1.75. The van der Waals surface area contributed by atoms with Gasteiger partial charge in [-0.15, -0.1) is 0 Å². The molecule has 2 aliphatic rings. The highest BCUT2D eigenvalue weighted by molar-refractivity contribution is 5.61. The van der Waals surface area contributed by atoms with E-state index in [-0.39, 0.29) is 11.8 Å². The first-order valence-corrected chi connectivity index (χ1v) is 10.5. The van der Waals surface area contributed by atoms with Crippen molar-refractivity contribution in [3.8, 4) is 11.8 Å². The van der Waals surface area contributed by atoms with Crippen LogP contribution < -0.4 is 16.2 Å². The summed E-state index contributed by atoms with van der Waals surface area (Å²) in [6.45, 7) is 4.26. The molecule has 1 saturated carbocycles. The highest BCUT2D eigenvalue weighted by Crippen LogP contribution is 2.23. The topological polar surface area (TPSA) is 127 Å². The predicted octanol–water partition coefficient (Wildman–Crippen LogP) is 0.372. The summed E-state index contributed by atoms with van der Waals surface area (Å²) < 4.78 is 1.63. The van der Waals surface area contributed by atoms with Crippen molar-refractivity contribution in [2.24, 2.45) is 4.99 Å². The molecule has 3 aromatic rings. The van der Waals surface area contributed by atoms with E-state index in [4.69, 9.17) is 0 Å². The summed E-state index contributed by atoms with van der Waals surface area (Å²) in [7, 11) is 0. The zero-order valence-electron chi connectivity index (χ0n) is 16.8. The lowest BCUT2D eigenvalue weighted by Crippen LogP contribution is -2.26. The summed E-state index contributed by atoms with van der Waals surface area (Å²) in [5.41, 5.74) is 1.60. The number of nitrogens with one attached hydrogen (secondary N) is 2. The number of hydrogen-bond donors (Lipinski definition) is 4. The second kappa shape index (κ2) is 7.94. The first-order valence-electron chi connectivity index (χ1n) is 10.5. The van der Waals surface area contributed by atoms with Crippen LogP contribution in [0.3, 0.4) is 0 Å². The van der Waals surface area contributed by atoms with E-state index in [2.05, 4.69) is 35.3 Å². The van der Waals surface area contributed by atoms with Crippen LogP contribution in [0.4, 0.5) is 5.95 Å². The molecule has 0 aromatic carbocycles. The zero-order chi connectivity index (χ0) is 20.5. The Bertz CT molecular complexity index is 1160. The van der Waals surface area contributed by atoms with Crippen LogP contribution in [0.2, 0.25) is 0 Å². The van der Waals surface area contributed by atoms with E-state index in [0.717, 1.165) is 32.4 Å². The molecule has 1 aliphatic carbocycles. The number of H-pyrrole nitrogens is 1. The van der Waals surface area contributed by atoms with Gasteiger partial charge in [-0.2, -0.15) is 19.6 Å². The molecule has 1 saturated heterocycles. The first-order chi connectivity index (χ1) is 14.7. The summed E-state index contributed by atoms with van der Waals surface area (Å²) >= 11 is 0. The largest absolute Gasteiger partial charge is 0.494 e. The number of nitrogens with zero attached hydrogens (tertiary/aromatic N) is 6. The van der Waals surface area contributed by atoms with Crippen molar-refractivity contribution < 1.29 is 10.2 Å². The third-order valence-corrected chi connectivity index (χ3v) is 5.48. The molecule has 30 heavy (non-hydrogen) atoms. The Morgan fingerprint density at radius 3 is 2.80 bits per heavy atom. The van der Waals surface area contributed by atoms with E-state index < -0.39 is 0 Å². The van der Waals surface area contributed by atoms with Crippen LogP contribution in [-0.2, 0) is 0 Å². The molecular formula is C20H26N8O2. The average Bonchev–Trinajstić information content (AvgIpc) is 3.10. The lowest BCUT2D eigenvalue weighted by Gasteiger charge is -2.14. The lowest BCUT2D eigenvalue weighted by molar-refractivity contribution is 0.337. The van der Waals surface area contributed by atoms with E-state index in [1.54, 1.807) is 16.8 Å². The molecule has 4 heterocycles. The van der Waals surface area contributed by atoms with Gasteiger partial charge in [-0.1, -0.05) is 0 Å². The molecule has 10 nitrogen and oxygen atoms in total. The molecule has 5 rings (SSSR count). The van der Waals surface area contributed by atoms with Gasteiger partial charge >= 0.3 is 0 Å². The summed E-state index contributed by atoms with van der Waals surface area (Å²) in [5.74, 6) is 0.318. The third kappa shape index (κ3) is 4.09. The van der Waals surface area contributed by atoms with E-state index in [9.17, 15) is 10.2 Å². The molecule has 10 heteroatoms. The molecule has 0 amide bonds. The van der Waals surface area contributed by atoms with Crippen LogP contribution in [0.15, 0.2) is 17.3 Å². The smallest absolute Gasteiger partial charge is 0.251 e. The fourth-order valence-electron chi connectivity index (χ4n) is 3.74. The Labute approximate surface area is 173 Å². The molecule has 4 N–H and O–H groups in total. The van der Waals surface area contributed by atoms with E-state index >= 15 is 0 Å². The zero-order valence-corrected chi connectivity index (χ0v) is 16.8. The van der Waals surface area contributed by atoms with Crippen molar-refractivity contribution in [2.75, 3.05) is 31.5 Å². The maximum absolute atomic E-state index is 9.93. The van der Waals surface area contributed by atoms with Crippen LogP contribution in [0, 0.1) is 0 Å². The molecule has 0 bridgehead atoms. The van der Waals surface area contributed by atoms with Gasteiger partial charge in [0.15, 0.2) is 17.4 Å². The number of hydrogen-bond acceptors (Lipinski definition) is 8. The Morgan fingerprint density at radius 2 is 2.07 bits per heavy atom. The Kier molecular flexibility index (Phi) is 4.99. The normalized spacial score (nSPS) is 18.7. The maximum Gasteiger partial charge on any atom is 0.251 e.